The molecule has 2 fully saturated rings. The van der Waals surface area contributed by atoms with Crippen molar-refractivity contribution in [1.82, 2.24) is 10.6 Å². The van der Waals surface area contributed by atoms with Gasteiger partial charge >= 0.3 is 5.97 Å². The first-order valence-corrected chi connectivity index (χ1v) is 8.28. The van der Waals surface area contributed by atoms with Gasteiger partial charge in [0.1, 0.15) is 0 Å². The van der Waals surface area contributed by atoms with E-state index < -0.39 is 5.97 Å². The van der Waals surface area contributed by atoms with E-state index in [0.717, 1.165) is 32.4 Å². The van der Waals surface area contributed by atoms with Gasteiger partial charge in [0.05, 0.1) is 5.92 Å². The Morgan fingerprint density at radius 1 is 1.29 bits per heavy atom. The van der Waals surface area contributed by atoms with Crippen LogP contribution < -0.4 is 10.6 Å². The third-order valence-corrected chi connectivity index (χ3v) is 5.18. The molecule has 4 unspecified atom stereocenters. The van der Waals surface area contributed by atoms with E-state index >= 15 is 0 Å². The quantitative estimate of drug-likeness (QED) is 0.696. The minimum atomic E-state index is -0.714. The first-order valence-electron chi connectivity index (χ1n) is 8.28. The molecule has 1 saturated heterocycles. The second-order valence-corrected chi connectivity index (χ2v) is 6.73. The van der Waals surface area contributed by atoms with Crippen LogP contribution in [0.2, 0.25) is 0 Å². The molecule has 1 heterocycles. The van der Waals surface area contributed by atoms with Crippen molar-refractivity contribution in [3.05, 3.63) is 0 Å². The Kier molecular flexibility index (Phi) is 6.03. The second kappa shape index (κ2) is 7.78. The van der Waals surface area contributed by atoms with Crippen LogP contribution in [0.1, 0.15) is 45.4 Å². The average Bonchev–Trinajstić information content (AvgIpc) is 2.94. The fourth-order valence-electron chi connectivity index (χ4n) is 3.75. The Morgan fingerprint density at radius 3 is 2.76 bits per heavy atom. The number of carboxylic acids is 1. The molecule has 0 aromatic carbocycles. The molecule has 0 spiro atoms. The molecule has 120 valence electrons. The molecule has 0 radical (unpaired) electrons. The molecular weight excluding hydrogens is 268 g/mol. The van der Waals surface area contributed by atoms with Crippen molar-refractivity contribution in [2.75, 3.05) is 19.6 Å². The van der Waals surface area contributed by atoms with Crippen LogP contribution in [-0.4, -0.2) is 36.6 Å². The van der Waals surface area contributed by atoms with Gasteiger partial charge in [0.2, 0.25) is 5.91 Å². The SMILES string of the molecule is CC(CC(=O)NCC1CCCC1C(=O)O)C1CCCNC1. The van der Waals surface area contributed by atoms with E-state index in [1.165, 1.54) is 12.8 Å². The Bertz CT molecular complexity index is 367. The van der Waals surface area contributed by atoms with Gasteiger partial charge in [0, 0.05) is 13.0 Å². The molecule has 3 N–H and O–H groups in total. The smallest absolute Gasteiger partial charge is 0.306 e. The molecule has 5 heteroatoms. The molecular formula is C16H28N2O3. The maximum Gasteiger partial charge on any atom is 0.306 e. The highest BCUT2D eigenvalue weighted by atomic mass is 16.4. The molecule has 21 heavy (non-hydrogen) atoms. The molecule has 2 rings (SSSR count). The van der Waals surface area contributed by atoms with Gasteiger partial charge in [0.15, 0.2) is 0 Å². The predicted molar refractivity (Wildman–Crippen MR) is 80.9 cm³/mol. The second-order valence-electron chi connectivity index (χ2n) is 6.73. The summed E-state index contributed by atoms with van der Waals surface area (Å²) in [7, 11) is 0. The maximum absolute atomic E-state index is 12.1. The third-order valence-electron chi connectivity index (χ3n) is 5.18. The van der Waals surface area contributed by atoms with Gasteiger partial charge in [-0.15, -0.1) is 0 Å². The number of nitrogens with one attached hydrogen (secondary N) is 2. The lowest BCUT2D eigenvalue weighted by Crippen LogP contribution is -2.37. The van der Waals surface area contributed by atoms with E-state index in [0.29, 0.717) is 24.8 Å². The summed E-state index contributed by atoms with van der Waals surface area (Å²) >= 11 is 0. The summed E-state index contributed by atoms with van der Waals surface area (Å²) in [6.07, 6.45) is 5.57. The van der Waals surface area contributed by atoms with Crippen molar-refractivity contribution in [1.29, 1.82) is 0 Å². The largest absolute Gasteiger partial charge is 0.481 e. The monoisotopic (exact) mass is 296 g/mol. The topological polar surface area (TPSA) is 78.4 Å². The Morgan fingerprint density at radius 2 is 2.10 bits per heavy atom. The normalized spacial score (nSPS) is 30.8. The summed E-state index contributed by atoms with van der Waals surface area (Å²) < 4.78 is 0. The fourth-order valence-corrected chi connectivity index (χ4v) is 3.75. The van der Waals surface area contributed by atoms with E-state index in [4.69, 9.17) is 5.11 Å². The van der Waals surface area contributed by atoms with Gasteiger partial charge in [0.25, 0.3) is 0 Å². The lowest BCUT2D eigenvalue weighted by Gasteiger charge is -2.28. The molecule has 1 saturated carbocycles. The van der Waals surface area contributed by atoms with Crippen LogP contribution in [0.4, 0.5) is 0 Å². The molecule has 1 aliphatic heterocycles. The standard InChI is InChI=1S/C16H28N2O3/c1-11(12-5-3-7-17-9-12)8-15(19)18-10-13-4-2-6-14(13)16(20)21/h11-14,17H,2-10H2,1H3,(H,18,19)(H,20,21). The van der Waals surface area contributed by atoms with Crippen molar-refractivity contribution >= 4 is 11.9 Å². The summed E-state index contributed by atoms with van der Waals surface area (Å²) in [5, 5.41) is 15.5. The fraction of sp³-hybridized carbons (Fsp3) is 0.875. The molecule has 2 aliphatic rings. The van der Waals surface area contributed by atoms with Crippen LogP contribution in [0.25, 0.3) is 0 Å². The lowest BCUT2D eigenvalue weighted by molar-refractivity contribution is -0.143. The number of carboxylic acid groups (broad SMARTS) is 1. The summed E-state index contributed by atoms with van der Waals surface area (Å²) in [4.78, 5) is 23.2. The number of carbonyl (C=O) groups is 2. The summed E-state index contributed by atoms with van der Waals surface area (Å²) in [6.45, 7) is 4.77. The highest BCUT2D eigenvalue weighted by Gasteiger charge is 2.33. The number of rotatable bonds is 6. The van der Waals surface area contributed by atoms with Crippen molar-refractivity contribution in [2.45, 2.75) is 45.4 Å². The molecule has 5 nitrogen and oxygen atoms in total. The highest BCUT2D eigenvalue weighted by Crippen LogP contribution is 2.31. The van der Waals surface area contributed by atoms with E-state index in [1.54, 1.807) is 0 Å². The van der Waals surface area contributed by atoms with Gasteiger partial charge in [-0.05, 0) is 56.5 Å². The van der Waals surface area contributed by atoms with Gasteiger partial charge in [-0.25, -0.2) is 0 Å². The van der Waals surface area contributed by atoms with E-state index in [-0.39, 0.29) is 17.7 Å². The number of hydrogen-bond donors (Lipinski definition) is 3. The van der Waals surface area contributed by atoms with Gasteiger partial charge in [-0.2, -0.15) is 0 Å². The third kappa shape index (κ3) is 4.70. The van der Waals surface area contributed by atoms with Crippen molar-refractivity contribution in [3.63, 3.8) is 0 Å². The van der Waals surface area contributed by atoms with Crippen molar-refractivity contribution < 1.29 is 14.7 Å². The summed E-state index contributed by atoms with van der Waals surface area (Å²) in [5.41, 5.74) is 0. The summed E-state index contributed by atoms with van der Waals surface area (Å²) in [6, 6.07) is 0. The molecule has 0 aromatic rings. The van der Waals surface area contributed by atoms with Crippen molar-refractivity contribution in [3.8, 4) is 0 Å². The predicted octanol–water partition coefficient (Wildman–Crippen LogP) is 1.63. The van der Waals surface area contributed by atoms with Crippen LogP contribution >= 0.6 is 0 Å². The minimum absolute atomic E-state index is 0.0733. The van der Waals surface area contributed by atoms with Crippen LogP contribution in [0.15, 0.2) is 0 Å². The van der Waals surface area contributed by atoms with E-state index in [2.05, 4.69) is 17.6 Å². The first kappa shape index (κ1) is 16.3. The van der Waals surface area contributed by atoms with E-state index in [9.17, 15) is 9.59 Å². The highest BCUT2D eigenvalue weighted by molar-refractivity contribution is 5.76. The molecule has 1 aliphatic carbocycles. The molecule has 1 amide bonds. The average molecular weight is 296 g/mol. The first-order chi connectivity index (χ1) is 10.1. The maximum atomic E-state index is 12.1. The zero-order valence-corrected chi connectivity index (χ0v) is 12.9. The van der Waals surface area contributed by atoms with Gasteiger partial charge in [-0.3, -0.25) is 9.59 Å². The minimum Gasteiger partial charge on any atom is -0.481 e. The van der Waals surface area contributed by atoms with Gasteiger partial charge < -0.3 is 15.7 Å². The van der Waals surface area contributed by atoms with Gasteiger partial charge in [-0.1, -0.05) is 13.3 Å². The number of carbonyl (C=O) groups excluding carboxylic acids is 1. The van der Waals surface area contributed by atoms with Crippen LogP contribution in [0.5, 0.6) is 0 Å². The molecule has 4 atom stereocenters. The molecule has 0 bridgehead atoms. The Hall–Kier alpha value is -1.10. The van der Waals surface area contributed by atoms with Crippen LogP contribution in [0, 0.1) is 23.7 Å². The lowest BCUT2D eigenvalue weighted by atomic mass is 9.85. The van der Waals surface area contributed by atoms with Crippen LogP contribution in [0.3, 0.4) is 0 Å². The number of aliphatic carboxylic acids is 1. The summed E-state index contributed by atoms with van der Waals surface area (Å²) in [5.74, 6) is 0.167. The zero-order valence-electron chi connectivity index (χ0n) is 12.9. The zero-order chi connectivity index (χ0) is 15.2. The number of amides is 1. The van der Waals surface area contributed by atoms with Crippen LogP contribution in [-0.2, 0) is 9.59 Å². The Balaban J connectivity index is 1.70. The number of hydrogen-bond acceptors (Lipinski definition) is 3. The van der Waals surface area contributed by atoms with E-state index in [1.807, 2.05) is 0 Å². The number of piperidine rings is 1. The van der Waals surface area contributed by atoms with Crippen molar-refractivity contribution in [2.24, 2.45) is 23.7 Å². The Labute approximate surface area is 126 Å². The molecule has 0 aromatic heterocycles.